The summed E-state index contributed by atoms with van der Waals surface area (Å²) in [5.74, 6) is 0. The molecule has 1 aromatic rings. The van der Waals surface area contributed by atoms with Crippen LogP contribution in [-0.2, 0) is 6.42 Å². The average Bonchev–Trinajstić information content (AvgIpc) is 2.72. The smallest absolute Gasteiger partial charge is 0.0619 e. The SMILES string of the molecule is CCCCCCCCCCCCCCCCc1ccc(C(Cl)CC=C(C)C)cc1. The van der Waals surface area contributed by atoms with Crippen LogP contribution in [0.2, 0.25) is 0 Å². The van der Waals surface area contributed by atoms with Crippen molar-refractivity contribution < 1.29 is 0 Å². The molecular formula is C28H47Cl. The Morgan fingerprint density at radius 1 is 0.724 bits per heavy atom. The van der Waals surface area contributed by atoms with E-state index in [1.807, 2.05) is 0 Å². The molecule has 1 heteroatoms. The molecule has 0 N–H and O–H groups in total. The first kappa shape index (κ1) is 26.3. The molecule has 0 saturated heterocycles. The highest BCUT2D eigenvalue weighted by molar-refractivity contribution is 6.20. The van der Waals surface area contributed by atoms with Crippen molar-refractivity contribution in [3.05, 3.63) is 47.0 Å². The minimum atomic E-state index is 0.0972. The Bertz CT molecular complexity index is 510. The molecule has 0 nitrogen and oxygen atoms in total. The number of aryl methyl sites for hydroxylation is 1. The normalized spacial score (nSPS) is 12.1. The Morgan fingerprint density at radius 2 is 1.17 bits per heavy atom. The first-order valence-electron chi connectivity index (χ1n) is 12.5. The maximum atomic E-state index is 6.50. The van der Waals surface area contributed by atoms with Crippen molar-refractivity contribution in [1.82, 2.24) is 0 Å². The molecule has 166 valence electrons. The van der Waals surface area contributed by atoms with Crippen LogP contribution in [0.1, 0.15) is 134 Å². The Hall–Kier alpha value is -0.750. The lowest BCUT2D eigenvalue weighted by molar-refractivity contribution is 0.535. The zero-order valence-electron chi connectivity index (χ0n) is 19.7. The molecule has 0 fully saturated rings. The Balaban J connectivity index is 1.96. The number of benzene rings is 1. The van der Waals surface area contributed by atoms with Gasteiger partial charge in [-0.1, -0.05) is 126 Å². The molecule has 0 aliphatic rings. The third-order valence-corrected chi connectivity index (χ3v) is 6.32. The third kappa shape index (κ3) is 14.8. The summed E-state index contributed by atoms with van der Waals surface area (Å²) in [4.78, 5) is 0. The summed E-state index contributed by atoms with van der Waals surface area (Å²) in [6, 6.07) is 8.98. The molecule has 0 bridgehead atoms. The summed E-state index contributed by atoms with van der Waals surface area (Å²) in [7, 11) is 0. The van der Waals surface area contributed by atoms with Crippen molar-refractivity contribution in [2.45, 2.75) is 129 Å². The second-order valence-corrected chi connectivity index (χ2v) is 9.60. The van der Waals surface area contributed by atoms with E-state index in [1.54, 1.807) is 0 Å². The van der Waals surface area contributed by atoms with Crippen molar-refractivity contribution in [1.29, 1.82) is 0 Å². The Kier molecular flexibility index (Phi) is 16.4. The second kappa shape index (κ2) is 18.1. The van der Waals surface area contributed by atoms with Crippen LogP contribution in [0.25, 0.3) is 0 Å². The predicted octanol–water partition coefficient (Wildman–Crippen LogP) is 10.3. The van der Waals surface area contributed by atoms with E-state index >= 15 is 0 Å². The van der Waals surface area contributed by atoms with Gasteiger partial charge in [0.2, 0.25) is 0 Å². The van der Waals surface area contributed by atoms with E-state index in [1.165, 1.54) is 113 Å². The van der Waals surface area contributed by atoms with E-state index in [2.05, 4.69) is 51.1 Å². The molecule has 29 heavy (non-hydrogen) atoms. The van der Waals surface area contributed by atoms with E-state index in [0.717, 1.165) is 6.42 Å². The van der Waals surface area contributed by atoms with Crippen molar-refractivity contribution in [3.63, 3.8) is 0 Å². The van der Waals surface area contributed by atoms with Gasteiger partial charge >= 0.3 is 0 Å². The third-order valence-electron chi connectivity index (χ3n) is 5.89. The minimum absolute atomic E-state index is 0.0972. The van der Waals surface area contributed by atoms with Crippen LogP contribution in [0.5, 0.6) is 0 Å². The van der Waals surface area contributed by atoms with Crippen LogP contribution >= 0.6 is 11.6 Å². The van der Waals surface area contributed by atoms with Gasteiger partial charge in [-0.3, -0.25) is 0 Å². The second-order valence-electron chi connectivity index (χ2n) is 9.07. The van der Waals surface area contributed by atoms with Gasteiger partial charge in [-0.05, 0) is 44.2 Å². The van der Waals surface area contributed by atoms with Gasteiger partial charge in [0.25, 0.3) is 0 Å². The minimum Gasteiger partial charge on any atom is -0.117 e. The zero-order valence-corrected chi connectivity index (χ0v) is 20.4. The largest absolute Gasteiger partial charge is 0.117 e. The van der Waals surface area contributed by atoms with Gasteiger partial charge in [0.1, 0.15) is 0 Å². The van der Waals surface area contributed by atoms with Gasteiger partial charge in [0, 0.05) is 0 Å². The first-order chi connectivity index (χ1) is 14.1. The lowest BCUT2D eigenvalue weighted by atomic mass is 10.0. The maximum Gasteiger partial charge on any atom is 0.0619 e. The van der Waals surface area contributed by atoms with Crippen molar-refractivity contribution in [3.8, 4) is 0 Å². The average molecular weight is 419 g/mol. The lowest BCUT2D eigenvalue weighted by Gasteiger charge is -2.09. The molecule has 1 unspecified atom stereocenters. The van der Waals surface area contributed by atoms with E-state index in [9.17, 15) is 0 Å². The molecule has 0 spiro atoms. The van der Waals surface area contributed by atoms with Crippen LogP contribution in [0.15, 0.2) is 35.9 Å². The highest BCUT2D eigenvalue weighted by atomic mass is 35.5. The highest BCUT2D eigenvalue weighted by Crippen LogP contribution is 2.25. The number of hydrogen-bond acceptors (Lipinski definition) is 0. The van der Waals surface area contributed by atoms with E-state index < -0.39 is 0 Å². The molecule has 0 amide bonds. The summed E-state index contributed by atoms with van der Waals surface area (Å²) < 4.78 is 0. The fraction of sp³-hybridized carbons (Fsp3) is 0.714. The standard InChI is InChI=1S/C28H47Cl/c1-4-5-6-7-8-9-10-11-12-13-14-15-16-17-18-26-20-22-27(23-21-26)28(29)24-19-25(2)3/h19-23,28H,4-18,24H2,1-3H3. The Labute approximate surface area is 187 Å². The molecule has 0 aliphatic carbocycles. The maximum absolute atomic E-state index is 6.50. The van der Waals surface area contributed by atoms with E-state index in [0.29, 0.717) is 0 Å². The van der Waals surface area contributed by atoms with Crippen LogP contribution in [0.4, 0.5) is 0 Å². The molecule has 0 radical (unpaired) electrons. The summed E-state index contributed by atoms with van der Waals surface area (Å²) >= 11 is 6.50. The quantitative estimate of drug-likeness (QED) is 0.126. The van der Waals surface area contributed by atoms with Crippen LogP contribution in [0, 0.1) is 0 Å². The monoisotopic (exact) mass is 418 g/mol. The van der Waals surface area contributed by atoms with Crippen LogP contribution in [-0.4, -0.2) is 0 Å². The molecule has 1 atom stereocenters. The van der Waals surface area contributed by atoms with Crippen LogP contribution < -0.4 is 0 Å². The summed E-state index contributed by atoms with van der Waals surface area (Å²) in [6.07, 6.45) is 24.3. The number of hydrogen-bond donors (Lipinski definition) is 0. The number of allylic oxidation sites excluding steroid dienone is 2. The van der Waals surface area contributed by atoms with Gasteiger partial charge in [0.15, 0.2) is 0 Å². The van der Waals surface area contributed by atoms with Crippen LogP contribution in [0.3, 0.4) is 0 Å². The molecular weight excluding hydrogens is 372 g/mol. The van der Waals surface area contributed by atoms with E-state index in [-0.39, 0.29) is 5.38 Å². The Morgan fingerprint density at radius 3 is 1.62 bits per heavy atom. The molecule has 0 aliphatic heterocycles. The predicted molar refractivity (Wildman–Crippen MR) is 133 cm³/mol. The van der Waals surface area contributed by atoms with Crippen molar-refractivity contribution >= 4 is 11.6 Å². The van der Waals surface area contributed by atoms with E-state index in [4.69, 9.17) is 11.6 Å². The topological polar surface area (TPSA) is 0 Å². The first-order valence-corrected chi connectivity index (χ1v) is 12.9. The molecule has 0 heterocycles. The number of rotatable bonds is 18. The van der Waals surface area contributed by atoms with Gasteiger partial charge < -0.3 is 0 Å². The van der Waals surface area contributed by atoms with Gasteiger partial charge in [0.05, 0.1) is 5.38 Å². The van der Waals surface area contributed by atoms with Gasteiger partial charge in [-0.15, -0.1) is 11.6 Å². The summed E-state index contributed by atoms with van der Waals surface area (Å²) in [5.41, 5.74) is 4.04. The molecule has 0 aromatic heterocycles. The highest BCUT2D eigenvalue weighted by Gasteiger charge is 2.06. The fourth-order valence-electron chi connectivity index (χ4n) is 3.89. The number of unbranched alkanes of at least 4 members (excludes halogenated alkanes) is 13. The zero-order chi connectivity index (χ0) is 21.2. The number of alkyl halides is 1. The number of halogens is 1. The molecule has 0 saturated carbocycles. The fourth-order valence-corrected chi connectivity index (χ4v) is 4.13. The van der Waals surface area contributed by atoms with Crippen molar-refractivity contribution in [2.24, 2.45) is 0 Å². The van der Waals surface area contributed by atoms with Gasteiger partial charge in [-0.25, -0.2) is 0 Å². The van der Waals surface area contributed by atoms with Gasteiger partial charge in [-0.2, -0.15) is 0 Å². The lowest BCUT2D eigenvalue weighted by Crippen LogP contribution is -1.91. The summed E-state index contributed by atoms with van der Waals surface area (Å²) in [5, 5.41) is 0.0972. The molecule has 1 aromatic carbocycles. The van der Waals surface area contributed by atoms with Crippen molar-refractivity contribution in [2.75, 3.05) is 0 Å². The molecule has 1 rings (SSSR count). The summed E-state index contributed by atoms with van der Waals surface area (Å²) in [6.45, 7) is 6.55.